The lowest BCUT2D eigenvalue weighted by Crippen LogP contribution is -2.37. The highest BCUT2D eigenvalue weighted by Gasteiger charge is 2.30. The fourth-order valence-corrected chi connectivity index (χ4v) is 4.05. The van der Waals surface area contributed by atoms with Gasteiger partial charge in [-0.2, -0.15) is 14.9 Å². The predicted molar refractivity (Wildman–Crippen MR) is 120 cm³/mol. The normalized spacial score (nSPS) is 17.1. The third-order valence-electron chi connectivity index (χ3n) is 5.99. The summed E-state index contributed by atoms with van der Waals surface area (Å²) in [4.78, 5) is 40.0. The molecular formula is C23H28N6O4. The molecule has 2 aromatic rings. The van der Waals surface area contributed by atoms with E-state index in [0.29, 0.717) is 43.7 Å². The van der Waals surface area contributed by atoms with E-state index in [1.165, 1.54) is 16.8 Å². The number of piperidine rings is 1. The number of amides is 2. The van der Waals surface area contributed by atoms with Crippen molar-refractivity contribution in [3.8, 4) is 11.9 Å². The molecule has 1 saturated carbocycles. The summed E-state index contributed by atoms with van der Waals surface area (Å²) in [5.74, 6) is -1.11. The number of likely N-dealkylation sites (tertiary alicyclic amines) is 1. The number of hydrogen-bond acceptors (Lipinski definition) is 6. The third-order valence-corrected chi connectivity index (χ3v) is 5.99. The van der Waals surface area contributed by atoms with Gasteiger partial charge < -0.3 is 15.3 Å². The Hall–Kier alpha value is -3.61. The van der Waals surface area contributed by atoms with Crippen LogP contribution in [0.15, 0.2) is 17.1 Å². The van der Waals surface area contributed by atoms with Crippen LogP contribution in [-0.2, 0) is 11.3 Å². The molecule has 0 bridgehead atoms. The van der Waals surface area contributed by atoms with Crippen molar-refractivity contribution >= 4 is 23.5 Å². The summed E-state index contributed by atoms with van der Waals surface area (Å²) in [6.07, 6.45) is 7.45. The number of aromatic hydroxyl groups is 1. The number of carbonyl (C=O) groups is 2. The van der Waals surface area contributed by atoms with Crippen LogP contribution in [0.1, 0.15) is 55.5 Å². The fourth-order valence-electron chi connectivity index (χ4n) is 4.05. The van der Waals surface area contributed by atoms with Gasteiger partial charge in [-0.05, 0) is 37.7 Å². The highest BCUT2D eigenvalue weighted by atomic mass is 16.3. The molecule has 2 fully saturated rings. The van der Waals surface area contributed by atoms with Crippen LogP contribution in [-0.4, -0.2) is 55.1 Å². The van der Waals surface area contributed by atoms with E-state index in [2.05, 4.69) is 16.5 Å². The molecule has 2 amide bonds. The van der Waals surface area contributed by atoms with Gasteiger partial charge in [-0.1, -0.05) is 13.8 Å². The number of hydrogen-bond donors (Lipinski definition) is 2. The molecule has 1 aliphatic carbocycles. The summed E-state index contributed by atoms with van der Waals surface area (Å²) < 4.78 is 2.61. The average Bonchev–Trinajstić information content (AvgIpc) is 3.50. The molecule has 3 heterocycles. The second kappa shape index (κ2) is 9.10. The minimum absolute atomic E-state index is 0.0163. The number of aromatic nitrogens is 3. The first-order chi connectivity index (χ1) is 15.8. The molecule has 174 valence electrons. The van der Waals surface area contributed by atoms with Crippen molar-refractivity contribution < 1.29 is 14.7 Å². The summed E-state index contributed by atoms with van der Waals surface area (Å²) in [5, 5.41) is 26.9. The van der Waals surface area contributed by atoms with Crippen LogP contribution in [0.3, 0.4) is 0 Å². The summed E-state index contributed by atoms with van der Waals surface area (Å²) >= 11 is 0. The first-order valence-corrected chi connectivity index (χ1v) is 11.3. The van der Waals surface area contributed by atoms with Crippen LogP contribution >= 0.6 is 0 Å². The van der Waals surface area contributed by atoms with Crippen LogP contribution in [0.25, 0.3) is 11.7 Å². The van der Waals surface area contributed by atoms with Crippen LogP contribution in [0, 0.1) is 23.2 Å². The molecule has 0 aromatic carbocycles. The second-order valence-electron chi connectivity index (χ2n) is 9.15. The standard InChI is InChI=1S/C23H28N6O4/c1-14(2)13-28-21-16(3-6-18(30)27-9-7-15(11-24)8-10-27)12-25-29(21)23(33)19(22(28)32)20(31)26-17-4-5-17/h3,6,12,14-15,17,32H,4-5,7-10,13H2,1-2H3,(H,26,31)/b6-3+. The molecule has 0 radical (unpaired) electrons. The number of nitriles is 1. The lowest BCUT2D eigenvalue weighted by molar-refractivity contribution is -0.127. The zero-order chi connectivity index (χ0) is 23.7. The van der Waals surface area contributed by atoms with Crippen molar-refractivity contribution in [2.75, 3.05) is 13.1 Å². The van der Waals surface area contributed by atoms with Gasteiger partial charge >= 0.3 is 0 Å². The molecule has 2 aliphatic rings. The molecule has 10 nitrogen and oxygen atoms in total. The van der Waals surface area contributed by atoms with E-state index in [1.54, 1.807) is 11.0 Å². The fraction of sp³-hybridized carbons (Fsp3) is 0.522. The number of carbonyl (C=O) groups excluding carboxylic acids is 2. The van der Waals surface area contributed by atoms with E-state index in [0.717, 1.165) is 17.4 Å². The average molecular weight is 453 g/mol. The molecule has 0 atom stereocenters. The van der Waals surface area contributed by atoms with Crippen LogP contribution in [0.5, 0.6) is 5.88 Å². The predicted octanol–water partition coefficient (Wildman–Crippen LogP) is 1.53. The van der Waals surface area contributed by atoms with Crippen LogP contribution < -0.4 is 10.9 Å². The summed E-state index contributed by atoms with van der Waals surface area (Å²) in [7, 11) is 0. The zero-order valence-electron chi connectivity index (χ0n) is 18.8. The van der Waals surface area contributed by atoms with E-state index in [9.17, 15) is 19.5 Å². The van der Waals surface area contributed by atoms with Gasteiger partial charge in [0.05, 0.1) is 12.3 Å². The molecular weight excluding hydrogens is 424 g/mol. The van der Waals surface area contributed by atoms with Gasteiger partial charge in [0.25, 0.3) is 11.5 Å². The van der Waals surface area contributed by atoms with E-state index in [-0.39, 0.29) is 29.3 Å². The van der Waals surface area contributed by atoms with Gasteiger partial charge in [0.2, 0.25) is 11.8 Å². The first-order valence-electron chi connectivity index (χ1n) is 11.3. The zero-order valence-corrected chi connectivity index (χ0v) is 18.8. The van der Waals surface area contributed by atoms with Crippen molar-refractivity contribution in [3.05, 3.63) is 33.8 Å². The van der Waals surface area contributed by atoms with Crippen molar-refractivity contribution in [2.24, 2.45) is 11.8 Å². The maximum Gasteiger partial charge on any atom is 0.291 e. The van der Waals surface area contributed by atoms with Gasteiger partial charge in [0.1, 0.15) is 5.65 Å². The lowest BCUT2D eigenvalue weighted by Gasteiger charge is -2.28. The van der Waals surface area contributed by atoms with Gasteiger partial charge in [-0.25, -0.2) is 0 Å². The summed E-state index contributed by atoms with van der Waals surface area (Å²) in [6.45, 7) is 5.31. The molecule has 0 spiro atoms. The Labute approximate surface area is 191 Å². The maximum absolute atomic E-state index is 13.0. The first kappa shape index (κ1) is 22.6. The Morgan fingerprint density at radius 1 is 1.30 bits per heavy atom. The Bertz CT molecular complexity index is 1210. The molecule has 0 unspecified atom stereocenters. The number of nitrogens with zero attached hydrogens (tertiary/aromatic N) is 5. The summed E-state index contributed by atoms with van der Waals surface area (Å²) in [6, 6.07) is 2.28. The minimum atomic E-state index is -0.704. The quantitative estimate of drug-likeness (QED) is 0.639. The highest BCUT2D eigenvalue weighted by Crippen LogP contribution is 2.25. The van der Waals surface area contributed by atoms with Gasteiger partial charge in [0, 0.05) is 43.2 Å². The SMILES string of the molecule is CC(C)Cn1c(O)c(C(=O)NC2CC2)c(=O)n2ncc(/C=C/C(=O)N3CCC(C#N)CC3)c12. The largest absolute Gasteiger partial charge is 0.494 e. The topological polar surface area (TPSA) is 133 Å². The monoisotopic (exact) mass is 452 g/mol. The molecule has 4 rings (SSSR count). The number of fused-ring (bicyclic) bond motifs is 1. The van der Waals surface area contributed by atoms with Crippen molar-refractivity contribution in [2.45, 2.75) is 52.1 Å². The van der Waals surface area contributed by atoms with Crippen molar-refractivity contribution in [1.29, 1.82) is 5.26 Å². The molecule has 33 heavy (non-hydrogen) atoms. The Balaban J connectivity index is 1.69. The molecule has 10 heteroatoms. The highest BCUT2D eigenvalue weighted by molar-refractivity contribution is 5.97. The summed E-state index contributed by atoms with van der Waals surface area (Å²) in [5.41, 5.74) is -0.228. The smallest absolute Gasteiger partial charge is 0.291 e. The Kier molecular flexibility index (Phi) is 6.22. The van der Waals surface area contributed by atoms with Crippen molar-refractivity contribution in [3.63, 3.8) is 0 Å². The van der Waals surface area contributed by atoms with Crippen LogP contribution in [0.2, 0.25) is 0 Å². The number of nitrogens with one attached hydrogen (secondary N) is 1. The van der Waals surface area contributed by atoms with E-state index in [1.807, 2.05) is 13.8 Å². The molecule has 1 aliphatic heterocycles. The number of rotatable bonds is 6. The van der Waals surface area contributed by atoms with Gasteiger partial charge in [-0.3, -0.25) is 19.0 Å². The second-order valence-corrected chi connectivity index (χ2v) is 9.15. The van der Waals surface area contributed by atoms with Crippen LogP contribution in [0.4, 0.5) is 0 Å². The Morgan fingerprint density at radius 3 is 2.61 bits per heavy atom. The van der Waals surface area contributed by atoms with E-state index < -0.39 is 17.3 Å². The minimum Gasteiger partial charge on any atom is -0.494 e. The third kappa shape index (κ3) is 4.62. The van der Waals surface area contributed by atoms with E-state index >= 15 is 0 Å². The maximum atomic E-state index is 13.0. The van der Waals surface area contributed by atoms with Crippen molar-refractivity contribution in [1.82, 2.24) is 24.4 Å². The van der Waals surface area contributed by atoms with Gasteiger partial charge in [-0.15, -0.1) is 0 Å². The Morgan fingerprint density at radius 2 is 2.00 bits per heavy atom. The van der Waals surface area contributed by atoms with E-state index in [4.69, 9.17) is 5.26 Å². The lowest BCUT2D eigenvalue weighted by atomic mass is 9.98. The van der Waals surface area contributed by atoms with Gasteiger partial charge in [0.15, 0.2) is 5.56 Å². The molecule has 2 N–H and O–H groups in total. The molecule has 1 saturated heterocycles. The molecule has 2 aromatic heterocycles.